The third-order valence-corrected chi connectivity index (χ3v) is 2.79. The zero-order valence-corrected chi connectivity index (χ0v) is 10.9. The predicted octanol–water partition coefficient (Wildman–Crippen LogP) is 2.71. The molecule has 0 aliphatic carbocycles. The Bertz CT molecular complexity index is 346. The Morgan fingerprint density at radius 3 is 2.53 bits per heavy atom. The van der Waals surface area contributed by atoms with Gasteiger partial charge in [0.2, 0.25) is 5.91 Å². The maximum Gasteiger partial charge on any atom is 0.225 e. The Hall–Kier alpha value is -1.35. The smallest absolute Gasteiger partial charge is 0.225 e. The molecule has 0 aromatic heterocycles. The maximum absolute atomic E-state index is 11.6. The largest absolute Gasteiger partial charge is 0.326 e. The molecule has 17 heavy (non-hydrogen) atoms. The Labute approximate surface area is 104 Å². The minimum atomic E-state index is 0.0599. The lowest BCUT2D eigenvalue weighted by Crippen LogP contribution is -2.28. The van der Waals surface area contributed by atoms with Crippen molar-refractivity contribution >= 4 is 11.6 Å². The first-order valence-corrected chi connectivity index (χ1v) is 6.21. The number of rotatable bonds is 6. The van der Waals surface area contributed by atoms with Gasteiger partial charge in [-0.15, -0.1) is 0 Å². The molecule has 0 radical (unpaired) electrons. The zero-order valence-electron chi connectivity index (χ0n) is 10.9. The molecule has 1 aromatic rings. The summed E-state index contributed by atoms with van der Waals surface area (Å²) < 4.78 is 0. The highest BCUT2D eigenvalue weighted by atomic mass is 16.1. The highest BCUT2D eigenvalue weighted by Gasteiger charge is 2.03. The summed E-state index contributed by atoms with van der Waals surface area (Å²) in [6.07, 6.45) is 1.60. The van der Waals surface area contributed by atoms with Crippen molar-refractivity contribution in [1.29, 1.82) is 0 Å². The van der Waals surface area contributed by atoms with E-state index in [2.05, 4.69) is 24.5 Å². The monoisotopic (exact) mass is 234 g/mol. The summed E-state index contributed by atoms with van der Waals surface area (Å²) in [6.45, 7) is 7.01. The third-order valence-electron chi connectivity index (χ3n) is 2.79. The van der Waals surface area contributed by atoms with Gasteiger partial charge in [0.05, 0.1) is 0 Å². The fourth-order valence-electron chi connectivity index (χ4n) is 1.44. The number of aryl methyl sites for hydroxylation is 1. The van der Waals surface area contributed by atoms with Gasteiger partial charge in [0.25, 0.3) is 0 Å². The van der Waals surface area contributed by atoms with E-state index < -0.39 is 0 Å². The van der Waals surface area contributed by atoms with Gasteiger partial charge in [-0.3, -0.25) is 4.79 Å². The summed E-state index contributed by atoms with van der Waals surface area (Å²) in [6, 6.07) is 8.31. The van der Waals surface area contributed by atoms with Crippen molar-refractivity contribution in [3.63, 3.8) is 0 Å². The first-order chi connectivity index (χ1) is 8.11. The minimum absolute atomic E-state index is 0.0599. The first-order valence-electron chi connectivity index (χ1n) is 6.21. The van der Waals surface area contributed by atoms with E-state index in [4.69, 9.17) is 0 Å². The first kappa shape index (κ1) is 13.7. The predicted molar refractivity (Wildman–Crippen MR) is 72.2 cm³/mol. The maximum atomic E-state index is 11.6. The molecule has 0 saturated heterocycles. The van der Waals surface area contributed by atoms with E-state index >= 15 is 0 Å². The fraction of sp³-hybridized carbons (Fsp3) is 0.500. The van der Waals surface area contributed by atoms with Gasteiger partial charge in [-0.1, -0.05) is 24.6 Å². The Morgan fingerprint density at radius 2 is 1.94 bits per heavy atom. The van der Waals surface area contributed by atoms with Crippen LogP contribution >= 0.6 is 0 Å². The molecule has 0 bridgehead atoms. The van der Waals surface area contributed by atoms with Gasteiger partial charge >= 0.3 is 0 Å². The molecule has 1 amide bonds. The molecule has 1 aromatic carbocycles. The highest BCUT2D eigenvalue weighted by molar-refractivity contribution is 5.90. The normalized spacial score (nSPS) is 12.2. The topological polar surface area (TPSA) is 41.1 Å². The van der Waals surface area contributed by atoms with Crippen LogP contribution in [-0.2, 0) is 4.79 Å². The van der Waals surface area contributed by atoms with Crippen LogP contribution in [0.5, 0.6) is 0 Å². The standard InChI is InChI=1S/C14H22N2O/c1-4-12(3)15-10-9-14(17)16-13-7-5-11(2)6-8-13/h5-8,12,15H,4,9-10H2,1-3H3,(H,16,17). The molecule has 0 aliphatic rings. The second kappa shape index (κ2) is 7.07. The zero-order chi connectivity index (χ0) is 12.7. The van der Waals surface area contributed by atoms with Crippen molar-refractivity contribution in [2.24, 2.45) is 0 Å². The molecule has 3 nitrogen and oxygen atoms in total. The summed E-state index contributed by atoms with van der Waals surface area (Å²) in [5, 5.41) is 6.18. The lowest BCUT2D eigenvalue weighted by atomic mass is 10.2. The summed E-state index contributed by atoms with van der Waals surface area (Å²) >= 11 is 0. The van der Waals surface area contributed by atoms with Crippen LogP contribution in [0.2, 0.25) is 0 Å². The summed E-state index contributed by atoms with van der Waals surface area (Å²) in [4.78, 5) is 11.6. The number of amides is 1. The molecule has 0 heterocycles. The Morgan fingerprint density at radius 1 is 1.29 bits per heavy atom. The highest BCUT2D eigenvalue weighted by Crippen LogP contribution is 2.08. The van der Waals surface area contributed by atoms with Crippen LogP contribution < -0.4 is 10.6 Å². The molecule has 3 heteroatoms. The molecular formula is C14H22N2O. The second-order valence-corrected chi connectivity index (χ2v) is 4.43. The average Bonchev–Trinajstić information content (AvgIpc) is 2.32. The van der Waals surface area contributed by atoms with E-state index in [9.17, 15) is 4.79 Å². The number of carbonyl (C=O) groups is 1. The number of nitrogens with one attached hydrogen (secondary N) is 2. The molecule has 0 fully saturated rings. The average molecular weight is 234 g/mol. The van der Waals surface area contributed by atoms with Crippen molar-refractivity contribution < 1.29 is 4.79 Å². The van der Waals surface area contributed by atoms with E-state index in [0.29, 0.717) is 12.5 Å². The number of hydrogen-bond donors (Lipinski definition) is 2. The number of hydrogen-bond acceptors (Lipinski definition) is 2. The number of anilines is 1. The van der Waals surface area contributed by atoms with Crippen molar-refractivity contribution in [2.45, 2.75) is 39.7 Å². The molecular weight excluding hydrogens is 212 g/mol. The van der Waals surface area contributed by atoms with E-state index in [1.54, 1.807) is 0 Å². The number of benzene rings is 1. The third kappa shape index (κ3) is 5.50. The quantitative estimate of drug-likeness (QED) is 0.794. The molecule has 1 rings (SSSR count). The van der Waals surface area contributed by atoms with Crippen LogP contribution in [0, 0.1) is 6.92 Å². The molecule has 0 aliphatic heterocycles. The molecule has 94 valence electrons. The van der Waals surface area contributed by atoms with Crippen molar-refractivity contribution in [2.75, 3.05) is 11.9 Å². The lowest BCUT2D eigenvalue weighted by Gasteiger charge is -2.11. The van der Waals surface area contributed by atoms with Gasteiger partial charge in [-0.05, 0) is 32.4 Å². The van der Waals surface area contributed by atoms with Crippen molar-refractivity contribution in [1.82, 2.24) is 5.32 Å². The summed E-state index contributed by atoms with van der Waals surface area (Å²) in [5.41, 5.74) is 2.06. The Balaban J connectivity index is 2.27. The van der Waals surface area contributed by atoms with Crippen LogP contribution in [0.25, 0.3) is 0 Å². The SMILES string of the molecule is CCC(C)NCCC(=O)Nc1ccc(C)cc1. The van der Waals surface area contributed by atoms with E-state index in [0.717, 1.165) is 18.7 Å². The van der Waals surface area contributed by atoms with Crippen LogP contribution in [0.4, 0.5) is 5.69 Å². The van der Waals surface area contributed by atoms with Gasteiger partial charge in [0.1, 0.15) is 0 Å². The van der Waals surface area contributed by atoms with Crippen LogP contribution in [0.15, 0.2) is 24.3 Å². The van der Waals surface area contributed by atoms with Crippen molar-refractivity contribution in [3.05, 3.63) is 29.8 Å². The second-order valence-electron chi connectivity index (χ2n) is 4.43. The van der Waals surface area contributed by atoms with Gasteiger partial charge in [-0.2, -0.15) is 0 Å². The summed E-state index contributed by atoms with van der Waals surface area (Å²) in [7, 11) is 0. The van der Waals surface area contributed by atoms with E-state index in [1.165, 1.54) is 5.56 Å². The molecule has 1 atom stereocenters. The van der Waals surface area contributed by atoms with Gasteiger partial charge < -0.3 is 10.6 Å². The van der Waals surface area contributed by atoms with E-state index in [-0.39, 0.29) is 5.91 Å². The molecule has 0 spiro atoms. The summed E-state index contributed by atoms with van der Waals surface area (Å²) in [5.74, 6) is 0.0599. The lowest BCUT2D eigenvalue weighted by molar-refractivity contribution is -0.116. The Kier molecular flexibility index (Phi) is 5.70. The van der Waals surface area contributed by atoms with Crippen LogP contribution in [0.3, 0.4) is 0 Å². The minimum Gasteiger partial charge on any atom is -0.326 e. The van der Waals surface area contributed by atoms with Crippen LogP contribution in [0.1, 0.15) is 32.3 Å². The molecule has 1 unspecified atom stereocenters. The van der Waals surface area contributed by atoms with Crippen LogP contribution in [-0.4, -0.2) is 18.5 Å². The number of carbonyl (C=O) groups excluding carboxylic acids is 1. The molecule has 0 saturated carbocycles. The van der Waals surface area contributed by atoms with Gasteiger partial charge in [-0.25, -0.2) is 0 Å². The molecule has 2 N–H and O–H groups in total. The van der Waals surface area contributed by atoms with Gasteiger partial charge in [0, 0.05) is 24.7 Å². The fourth-order valence-corrected chi connectivity index (χ4v) is 1.44. The van der Waals surface area contributed by atoms with Crippen molar-refractivity contribution in [3.8, 4) is 0 Å². The van der Waals surface area contributed by atoms with E-state index in [1.807, 2.05) is 31.2 Å². The van der Waals surface area contributed by atoms with Gasteiger partial charge in [0.15, 0.2) is 0 Å².